The molecule has 1 amide bonds. The van der Waals surface area contributed by atoms with Crippen LogP contribution in [0.2, 0.25) is 0 Å². The Kier molecular flexibility index (Phi) is 4.14. The molecule has 5 heteroatoms. The molecule has 1 saturated heterocycles. The second-order valence-electron chi connectivity index (χ2n) is 4.61. The van der Waals surface area contributed by atoms with E-state index in [0.29, 0.717) is 19.3 Å². The molecule has 1 aliphatic heterocycles. The number of anilines is 1. The van der Waals surface area contributed by atoms with E-state index in [-0.39, 0.29) is 17.2 Å². The second-order valence-corrected chi connectivity index (χ2v) is 4.61. The number of carbonyl (C=O) groups excluding carboxylic acids is 2. The molecular formula is C14H17FN2O2. The summed E-state index contributed by atoms with van der Waals surface area (Å²) in [6.07, 6.45) is 3.12. The summed E-state index contributed by atoms with van der Waals surface area (Å²) >= 11 is 0. The Bertz CT molecular complexity index is 490. The zero-order chi connectivity index (χ0) is 13.8. The molecule has 4 nitrogen and oxygen atoms in total. The lowest BCUT2D eigenvalue weighted by Crippen LogP contribution is -2.49. The van der Waals surface area contributed by atoms with Crippen LogP contribution in [0.3, 0.4) is 0 Å². The molecule has 0 saturated carbocycles. The van der Waals surface area contributed by atoms with Crippen molar-refractivity contribution in [2.45, 2.75) is 25.3 Å². The van der Waals surface area contributed by atoms with E-state index in [2.05, 4.69) is 5.32 Å². The summed E-state index contributed by atoms with van der Waals surface area (Å²) in [5.74, 6) is -0.597. The van der Waals surface area contributed by atoms with Gasteiger partial charge in [-0.2, -0.15) is 0 Å². The smallest absolute Gasteiger partial charge is 0.242 e. The minimum atomic E-state index is -0.458. The fraction of sp³-hybridized carbons (Fsp3) is 0.429. The number of nitrogens with one attached hydrogen (secondary N) is 1. The van der Waals surface area contributed by atoms with Gasteiger partial charge in [0.1, 0.15) is 11.9 Å². The van der Waals surface area contributed by atoms with Crippen LogP contribution in [-0.4, -0.2) is 31.8 Å². The monoisotopic (exact) mass is 264 g/mol. The SMILES string of the molecule is CNC(=O)C1CCCCN1c1c(F)cccc1C=O. The van der Waals surface area contributed by atoms with Gasteiger partial charge in [0.25, 0.3) is 0 Å². The summed E-state index contributed by atoms with van der Waals surface area (Å²) in [5.41, 5.74) is 0.529. The van der Waals surface area contributed by atoms with Gasteiger partial charge in [-0.1, -0.05) is 6.07 Å². The van der Waals surface area contributed by atoms with Crippen molar-refractivity contribution in [3.05, 3.63) is 29.6 Å². The molecular weight excluding hydrogens is 247 g/mol. The normalized spacial score (nSPS) is 19.1. The van der Waals surface area contributed by atoms with Crippen molar-refractivity contribution in [2.75, 3.05) is 18.5 Å². The maximum atomic E-state index is 14.0. The first-order chi connectivity index (χ1) is 9.19. The Morgan fingerprint density at radius 3 is 2.95 bits per heavy atom. The molecule has 102 valence electrons. The molecule has 1 N–H and O–H groups in total. The molecule has 0 spiro atoms. The molecule has 1 aliphatic rings. The van der Waals surface area contributed by atoms with E-state index in [4.69, 9.17) is 0 Å². The summed E-state index contributed by atoms with van der Waals surface area (Å²) in [7, 11) is 1.57. The topological polar surface area (TPSA) is 49.4 Å². The van der Waals surface area contributed by atoms with Gasteiger partial charge in [0.2, 0.25) is 5.91 Å². The Balaban J connectivity index is 2.42. The third kappa shape index (κ3) is 2.59. The molecule has 0 radical (unpaired) electrons. The number of nitrogens with zero attached hydrogens (tertiary/aromatic N) is 1. The van der Waals surface area contributed by atoms with Gasteiger partial charge >= 0.3 is 0 Å². The van der Waals surface area contributed by atoms with Crippen LogP contribution in [0.15, 0.2) is 18.2 Å². The van der Waals surface area contributed by atoms with Gasteiger partial charge in [-0.25, -0.2) is 4.39 Å². The largest absolute Gasteiger partial charge is 0.357 e. The van der Waals surface area contributed by atoms with Crippen LogP contribution in [0.5, 0.6) is 0 Å². The summed E-state index contributed by atoms with van der Waals surface area (Å²) in [6.45, 7) is 0.583. The van der Waals surface area contributed by atoms with E-state index >= 15 is 0 Å². The van der Waals surface area contributed by atoms with Crippen molar-refractivity contribution in [3.63, 3.8) is 0 Å². The number of halogens is 1. The molecule has 1 unspecified atom stereocenters. The Hall–Kier alpha value is -1.91. The summed E-state index contributed by atoms with van der Waals surface area (Å²) in [4.78, 5) is 24.7. The highest BCUT2D eigenvalue weighted by molar-refractivity contribution is 5.90. The number of benzene rings is 1. The van der Waals surface area contributed by atoms with Gasteiger partial charge < -0.3 is 10.2 Å². The Labute approximate surface area is 111 Å². The van der Waals surface area contributed by atoms with Gasteiger partial charge in [0.15, 0.2) is 6.29 Å². The number of hydrogen-bond acceptors (Lipinski definition) is 3. The minimum Gasteiger partial charge on any atom is -0.357 e. The van der Waals surface area contributed by atoms with E-state index in [1.807, 2.05) is 0 Å². The van der Waals surface area contributed by atoms with E-state index in [0.717, 1.165) is 12.8 Å². The van der Waals surface area contributed by atoms with Crippen molar-refractivity contribution < 1.29 is 14.0 Å². The number of aldehydes is 1. The highest BCUT2D eigenvalue weighted by atomic mass is 19.1. The fourth-order valence-corrected chi connectivity index (χ4v) is 2.57. The van der Waals surface area contributed by atoms with Crippen LogP contribution in [0.25, 0.3) is 0 Å². The first-order valence-electron chi connectivity index (χ1n) is 6.41. The van der Waals surface area contributed by atoms with Crippen molar-refractivity contribution in [1.82, 2.24) is 5.32 Å². The predicted molar refractivity (Wildman–Crippen MR) is 70.8 cm³/mol. The number of amides is 1. The highest BCUT2D eigenvalue weighted by Gasteiger charge is 2.31. The van der Waals surface area contributed by atoms with E-state index in [9.17, 15) is 14.0 Å². The quantitative estimate of drug-likeness (QED) is 0.846. The average Bonchev–Trinajstić information content (AvgIpc) is 2.46. The lowest BCUT2D eigenvalue weighted by Gasteiger charge is -2.37. The van der Waals surface area contributed by atoms with E-state index < -0.39 is 11.9 Å². The molecule has 1 fully saturated rings. The highest BCUT2D eigenvalue weighted by Crippen LogP contribution is 2.29. The third-order valence-electron chi connectivity index (χ3n) is 3.48. The molecule has 2 rings (SSSR count). The minimum absolute atomic E-state index is 0.139. The fourth-order valence-electron chi connectivity index (χ4n) is 2.57. The lowest BCUT2D eigenvalue weighted by molar-refractivity contribution is -0.122. The van der Waals surface area contributed by atoms with Crippen molar-refractivity contribution >= 4 is 17.9 Å². The molecule has 0 aromatic heterocycles. The summed E-state index contributed by atoms with van der Waals surface area (Å²) in [5, 5.41) is 2.60. The van der Waals surface area contributed by atoms with Crippen molar-refractivity contribution in [2.24, 2.45) is 0 Å². The van der Waals surface area contributed by atoms with Gasteiger partial charge in [0.05, 0.1) is 5.69 Å². The average molecular weight is 264 g/mol. The van der Waals surface area contributed by atoms with Crippen LogP contribution in [0, 0.1) is 5.82 Å². The number of para-hydroxylation sites is 1. The van der Waals surface area contributed by atoms with Gasteiger partial charge in [-0.05, 0) is 31.4 Å². The number of hydrogen-bond donors (Lipinski definition) is 1. The first-order valence-corrected chi connectivity index (χ1v) is 6.41. The second kappa shape index (κ2) is 5.82. The number of rotatable bonds is 3. The van der Waals surface area contributed by atoms with Gasteiger partial charge in [-0.3, -0.25) is 9.59 Å². The first kappa shape index (κ1) is 13.5. The van der Waals surface area contributed by atoms with Crippen molar-refractivity contribution in [3.8, 4) is 0 Å². The van der Waals surface area contributed by atoms with Crippen LogP contribution < -0.4 is 10.2 Å². The predicted octanol–water partition coefficient (Wildman–Crippen LogP) is 1.74. The maximum Gasteiger partial charge on any atom is 0.242 e. The van der Waals surface area contributed by atoms with Crippen LogP contribution >= 0.6 is 0 Å². The van der Waals surface area contributed by atoms with Crippen molar-refractivity contribution in [1.29, 1.82) is 0 Å². The summed E-state index contributed by atoms with van der Waals surface area (Å²) in [6, 6.07) is 3.98. The van der Waals surface area contributed by atoms with Gasteiger partial charge in [-0.15, -0.1) is 0 Å². The zero-order valence-corrected chi connectivity index (χ0v) is 10.9. The molecule has 0 aliphatic carbocycles. The Morgan fingerprint density at radius 2 is 2.26 bits per heavy atom. The zero-order valence-electron chi connectivity index (χ0n) is 10.9. The van der Waals surface area contributed by atoms with Crippen LogP contribution in [0.1, 0.15) is 29.6 Å². The Morgan fingerprint density at radius 1 is 1.47 bits per heavy atom. The third-order valence-corrected chi connectivity index (χ3v) is 3.48. The maximum absolute atomic E-state index is 14.0. The van der Waals surface area contributed by atoms with E-state index in [1.54, 1.807) is 18.0 Å². The summed E-state index contributed by atoms with van der Waals surface area (Å²) < 4.78 is 14.0. The molecule has 0 bridgehead atoms. The van der Waals surface area contributed by atoms with E-state index in [1.165, 1.54) is 12.1 Å². The number of likely N-dealkylation sites (N-methyl/N-ethyl adjacent to an activating group) is 1. The standard InChI is InChI=1S/C14H17FN2O2/c1-16-14(19)12-7-2-3-8-17(12)13-10(9-18)5-4-6-11(13)15/h4-6,9,12H,2-3,7-8H2,1H3,(H,16,19). The molecule has 1 heterocycles. The molecule has 1 aromatic rings. The number of piperidine rings is 1. The van der Waals surface area contributed by atoms with Gasteiger partial charge in [0, 0.05) is 19.2 Å². The molecule has 1 atom stereocenters. The molecule has 19 heavy (non-hydrogen) atoms. The van der Waals surface area contributed by atoms with Crippen LogP contribution in [0.4, 0.5) is 10.1 Å². The van der Waals surface area contributed by atoms with Crippen LogP contribution in [-0.2, 0) is 4.79 Å². The lowest BCUT2D eigenvalue weighted by atomic mass is 9.99. The molecule has 1 aromatic carbocycles. The number of carbonyl (C=O) groups is 2.